The fourth-order valence-corrected chi connectivity index (χ4v) is 8.81. The Bertz CT molecular complexity index is 2390. The van der Waals surface area contributed by atoms with Crippen molar-refractivity contribution >= 4 is 145 Å². The zero-order chi connectivity index (χ0) is 41.8. The van der Waals surface area contributed by atoms with Gasteiger partial charge in [-0.25, -0.2) is 10.0 Å². The lowest BCUT2D eigenvalue weighted by Crippen LogP contribution is -2.36. The van der Waals surface area contributed by atoms with Crippen LogP contribution in [0.25, 0.3) is 0 Å². The lowest BCUT2D eigenvalue weighted by Gasteiger charge is -2.21. The standard InChI is InChI=1S/C40H31Cl8N5O4S/c1-4-29(57-27-15-12-19(2)16-20(27)3)56-18-49-25-10-5-6-11-28(25)58-37-38(52-53(40(37)55)36-34(47)32(45)31(44)33(46)35(36)48)51-26-17-21(13-14-22(26)41)50-39(54)30-23(42)8-7-9-24(30)43/h5-17,29,37,49H,4,18H2,1-3H3,(H,50,54)(H,51,52). The summed E-state index contributed by atoms with van der Waals surface area (Å²) in [4.78, 5) is 33.1. The van der Waals surface area contributed by atoms with Crippen LogP contribution in [0.5, 0.6) is 5.75 Å². The first kappa shape index (κ1) is 44.3. The molecule has 5 aromatic rings. The van der Waals surface area contributed by atoms with Crippen molar-refractivity contribution in [3.05, 3.63) is 136 Å². The molecule has 1 fully saturated rings. The molecule has 18 heteroatoms. The molecule has 1 aliphatic rings. The number of anilines is 3. The number of aliphatic imine (C=N–C) groups is 1. The predicted octanol–water partition coefficient (Wildman–Crippen LogP) is 13.7. The fraction of sp³-hybridized carbons (Fsp3) is 0.175. The second-order valence-corrected chi connectivity index (χ2v) is 16.9. The minimum absolute atomic E-state index is 0.0403. The van der Waals surface area contributed by atoms with Crippen LogP contribution in [-0.2, 0) is 9.53 Å². The number of rotatable bonds is 13. The van der Waals surface area contributed by atoms with E-state index in [9.17, 15) is 9.59 Å². The van der Waals surface area contributed by atoms with E-state index in [4.69, 9.17) is 107 Å². The monoisotopic (exact) mass is 957 g/mol. The number of hydrazine groups is 1. The van der Waals surface area contributed by atoms with Gasteiger partial charge in [-0.3, -0.25) is 15.0 Å². The van der Waals surface area contributed by atoms with E-state index in [0.717, 1.165) is 21.9 Å². The van der Waals surface area contributed by atoms with Gasteiger partial charge in [0.2, 0.25) is 6.29 Å². The minimum Gasteiger partial charge on any atom is -0.465 e. The third-order valence-electron chi connectivity index (χ3n) is 8.55. The fourth-order valence-electron chi connectivity index (χ4n) is 5.69. The Kier molecular flexibility index (Phi) is 14.8. The van der Waals surface area contributed by atoms with Gasteiger partial charge in [0.05, 0.1) is 51.4 Å². The molecule has 2 unspecified atom stereocenters. The van der Waals surface area contributed by atoms with Crippen LogP contribution in [0.15, 0.2) is 88.8 Å². The number of amides is 2. The Balaban J connectivity index is 1.31. The molecule has 3 N–H and O–H groups in total. The van der Waals surface area contributed by atoms with Crippen LogP contribution in [-0.4, -0.2) is 35.9 Å². The van der Waals surface area contributed by atoms with E-state index in [2.05, 4.69) is 16.1 Å². The molecule has 6 rings (SSSR count). The van der Waals surface area contributed by atoms with Crippen molar-refractivity contribution in [3.63, 3.8) is 0 Å². The highest BCUT2D eigenvalue weighted by Gasteiger charge is 2.42. The van der Waals surface area contributed by atoms with Crippen LogP contribution in [0.3, 0.4) is 0 Å². The molecule has 0 radical (unpaired) electrons. The summed E-state index contributed by atoms with van der Waals surface area (Å²) in [5.74, 6) is -0.225. The molecule has 0 bridgehead atoms. The summed E-state index contributed by atoms with van der Waals surface area (Å²) in [6.07, 6.45) is 0.0649. The number of ether oxygens (including phenoxy) is 2. The van der Waals surface area contributed by atoms with Gasteiger partial charge in [0.25, 0.3) is 11.8 Å². The van der Waals surface area contributed by atoms with Gasteiger partial charge in [0.1, 0.15) is 29.3 Å². The molecule has 9 nitrogen and oxygen atoms in total. The zero-order valence-corrected chi connectivity index (χ0v) is 37.4. The van der Waals surface area contributed by atoms with Crippen molar-refractivity contribution in [1.82, 2.24) is 5.43 Å². The van der Waals surface area contributed by atoms with E-state index in [1.54, 1.807) is 30.3 Å². The van der Waals surface area contributed by atoms with Crippen LogP contribution < -0.4 is 25.8 Å². The third kappa shape index (κ3) is 9.85. The van der Waals surface area contributed by atoms with Crippen LogP contribution in [0, 0.1) is 13.8 Å². The van der Waals surface area contributed by atoms with Gasteiger partial charge in [-0.05, 0) is 67.9 Å². The summed E-state index contributed by atoms with van der Waals surface area (Å²) in [6.45, 7) is 6.06. The maximum atomic E-state index is 14.5. The number of hydrogen-bond acceptors (Lipinski definition) is 7. The number of para-hydroxylation sites is 1. The smallest absolute Gasteiger partial charge is 0.267 e. The second-order valence-electron chi connectivity index (χ2n) is 12.6. The van der Waals surface area contributed by atoms with Crippen LogP contribution in [0.1, 0.15) is 34.8 Å². The highest BCUT2D eigenvalue weighted by Crippen LogP contribution is 2.49. The van der Waals surface area contributed by atoms with E-state index >= 15 is 0 Å². The lowest BCUT2D eigenvalue weighted by molar-refractivity contribution is -0.116. The highest BCUT2D eigenvalue weighted by atomic mass is 35.5. The molecule has 0 saturated carbocycles. The molecule has 0 aliphatic carbocycles. The molecule has 2 atom stereocenters. The van der Waals surface area contributed by atoms with Crippen molar-refractivity contribution < 1.29 is 19.1 Å². The number of thioether (sulfide) groups is 1. The van der Waals surface area contributed by atoms with E-state index < -0.39 is 23.4 Å². The number of halogens is 8. The van der Waals surface area contributed by atoms with Crippen molar-refractivity contribution in [1.29, 1.82) is 0 Å². The van der Waals surface area contributed by atoms with Crippen LogP contribution >= 0.6 is 105 Å². The van der Waals surface area contributed by atoms with Crippen molar-refractivity contribution in [2.75, 3.05) is 22.4 Å². The Labute approximate surface area is 379 Å². The number of benzene rings is 5. The maximum absolute atomic E-state index is 14.5. The topological polar surface area (TPSA) is 104 Å². The number of carbonyl (C=O) groups is 2. The quantitative estimate of drug-likeness (QED) is 0.0613. The van der Waals surface area contributed by atoms with Gasteiger partial charge in [-0.15, -0.1) is 11.8 Å². The largest absolute Gasteiger partial charge is 0.465 e. The minimum atomic E-state index is -1.04. The van der Waals surface area contributed by atoms with Gasteiger partial charge in [-0.2, -0.15) is 0 Å². The van der Waals surface area contributed by atoms with E-state index in [0.29, 0.717) is 22.7 Å². The number of nitrogens with one attached hydrogen (secondary N) is 3. The van der Waals surface area contributed by atoms with E-state index in [-0.39, 0.29) is 69.7 Å². The first-order chi connectivity index (χ1) is 27.7. The molecule has 0 aromatic heterocycles. The lowest BCUT2D eigenvalue weighted by atomic mass is 10.1. The summed E-state index contributed by atoms with van der Waals surface area (Å²) < 4.78 is 12.2. The van der Waals surface area contributed by atoms with Gasteiger partial charge in [0.15, 0.2) is 0 Å². The summed E-state index contributed by atoms with van der Waals surface area (Å²) >= 11 is 52.8. The predicted molar refractivity (Wildman–Crippen MR) is 241 cm³/mol. The summed E-state index contributed by atoms with van der Waals surface area (Å²) in [7, 11) is 0. The van der Waals surface area contributed by atoms with Gasteiger partial charge < -0.3 is 20.1 Å². The molecule has 1 heterocycles. The first-order valence-corrected chi connectivity index (χ1v) is 21.2. The average Bonchev–Trinajstić information content (AvgIpc) is 3.48. The number of carbonyl (C=O) groups excluding carboxylic acids is 2. The van der Waals surface area contributed by atoms with E-state index in [1.807, 2.05) is 63.2 Å². The summed E-state index contributed by atoms with van der Waals surface area (Å²) in [5, 5.41) is 6.13. The van der Waals surface area contributed by atoms with Crippen molar-refractivity contribution in [2.45, 2.75) is 43.6 Å². The maximum Gasteiger partial charge on any atom is 0.267 e. The molecular weight excluding hydrogens is 930 g/mol. The van der Waals surface area contributed by atoms with Crippen molar-refractivity contribution in [2.24, 2.45) is 4.99 Å². The molecule has 0 spiro atoms. The van der Waals surface area contributed by atoms with E-state index in [1.165, 1.54) is 17.8 Å². The second kappa shape index (κ2) is 19.4. The molecule has 1 saturated heterocycles. The SMILES string of the molecule is CCC(OCNc1ccccc1SC1C(=O)N(c2c(Cl)c(Cl)c(Cl)c(Cl)c2Cl)NC1=Nc1cc(NC(=O)c2c(Cl)cccc2Cl)ccc1Cl)Oc1ccc(C)cc1C. The van der Waals surface area contributed by atoms with Crippen LogP contribution in [0.4, 0.5) is 22.7 Å². The Hall–Kier alpha value is -3.26. The molecule has 5 aromatic carbocycles. The third-order valence-corrected chi connectivity index (χ3v) is 13.0. The van der Waals surface area contributed by atoms with Gasteiger partial charge >= 0.3 is 0 Å². The number of nitrogens with zero attached hydrogens (tertiary/aromatic N) is 2. The highest BCUT2D eigenvalue weighted by molar-refractivity contribution is 8.01. The molecule has 1 aliphatic heterocycles. The number of amidine groups is 1. The number of aryl methyl sites for hydroxylation is 2. The number of hydrogen-bond donors (Lipinski definition) is 3. The molecule has 2 amide bonds. The zero-order valence-electron chi connectivity index (χ0n) is 30.5. The van der Waals surface area contributed by atoms with Gasteiger partial charge in [0, 0.05) is 22.7 Å². The summed E-state index contributed by atoms with van der Waals surface area (Å²) in [6, 6.07) is 22.7. The normalized spacial score (nSPS) is 15.1. The average molecular weight is 961 g/mol. The Morgan fingerprint density at radius 3 is 2.19 bits per heavy atom. The Morgan fingerprint density at radius 2 is 1.52 bits per heavy atom. The molecular formula is C40H31Cl8N5O4S. The first-order valence-electron chi connectivity index (χ1n) is 17.3. The Morgan fingerprint density at radius 1 is 0.845 bits per heavy atom. The van der Waals surface area contributed by atoms with Crippen molar-refractivity contribution in [3.8, 4) is 5.75 Å². The van der Waals surface area contributed by atoms with Gasteiger partial charge in [-0.1, -0.05) is 136 Å². The molecule has 302 valence electrons. The molecule has 58 heavy (non-hydrogen) atoms. The van der Waals surface area contributed by atoms with Crippen LogP contribution in [0.2, 0.25) is 40.2 Å². The summed E-state index contributed by atoms with van der Waals surface area (Å²) in [5.41, 5.74) is 6.39.